The van der Waals surface area contributed by atoms with E-state index in [1.807, 2.05) is 6.07 Å². The van der Waals surface area contributed by atoms with Crippen molar-refractivity contribution in [3.63, 3.8) is 0 Å². The second-order valence-electron chi connectivity index (χ2n) is 9.16. The lowest BCUT2D eigenvalue weighted by Crippen LogP contribution is -2.36. The molecular formula is C26H23N7O5S. The van der Waals surface area contributed by atoms with Crippen molar-refractivity contribution in [2.24, 2.45) is 7.05 Å². The monoisotopic (exact) mass is 545 g/mol. The quantitative estimate of drug-likeness (QED) is 0.319. The van der Waals surface area contributed by atoms with Crippen LogP contribution in [0.3, 0.4) is 0 Å². The molecule has 0 atom stereocenters. The first kappa shape index (κ1) is 25.8. The molecule has 1 aromatic carbocycles. The number of aromatic nitrogens is 4. The van der Waals surface area contributed by atoms with Gasteiger partial charge < -0.3 is 14.6 Å². The van der Waals surface area contributed by atoms with Gasteiger partial charge in [-0.15, -0.1) is 5.10 Å². The maximum absolute atomic E-state index is 13.1. The third-order valence-corrected chi connectivity index (χ3v) is 8.67. The maximum Gasteiger partial charge on any atom is 0.263 e. The van der Waals surface area contributed by atoms with Crippen LogP contribution in [-0.2, 0) is 23.6 Å². The van der Waals surface area contributed by atoms with Crippen LogP contribution >= 0.6 is 0 Å². The van der Waals surface area contributed by atoms with Gasteiger partial charge in [0.1, 0.15) is 28.3 Å². The SMILES string of the molecule is Cn1c(=O)c(C(=O)NCc2ccc(C#N)cc2)cc2cnnc(OCC3(S(=O)(=O)Nc4ccccn4)CC3)c21. The van der Waals surface area contributed by atoms with E-state index in [0.29, 0.717) is 23.8 Å². The fourth-order valence-electron chi connectivity index (χ4n) is 4.05. The van der Waals surface area contributed by atoms with Crippen LogP contribution in [0, 0.1) is 11.3 Å². The first-order chi connectivity index (χ1) is 18.7. The van der Waals surface area contributed by atoms with Crippen LogP contribution in [0.4, 0.5) is 5.82 Å². The van der Waals surface area contributed by atoms with Gasteiger partial charge in [0.25, 0.3) is 17.3 Å². The van der Waals surface area contributed by atoms with E-state index >= 15 is 0 Å². The highest BCUT2D eigenvalue weighted by molar-refractivity contribution is 7.94. The van der Waals surface area contributed by atoms with Crippen LogP contribution in [0.1, 0.15) is 34.3 Å². The molecule has 1 saturated carbocycles. The first-order valence-electron chi connectivity index (χ1n) is 11.9. The minimum Gasteiger partial charge on any atom is -0.473 e. The number of pyridine rings is 2. The summed E-state index contributed by atoms with van der Waals surface area (Å²) in [4.78, 5) is 30.0. The molecule has 3 heterocycles. The molecule has 2 N–H and O–H groups in total. The highest BCUT2D eigenvalue weighted by Crippen LogP contribution is 2.44. The molecule has 12 nitrogen and oxygen atoms in total. The number of ether oxygens (including phenoxy) is 1. The highest BCUT2D eigenvalue weighted by Gasteiger charge is 2.56. The first-order valence-corrected chi connectivity index (χ1v) is 13.4. The summed E-state index contributed by atoms with van der Waals surface area (Å²) in [7, 11) is -2.34. The van der Waals surface area contributed by atoms with Crippen LogP contribution in [0.15, 0.2) is 65.7 Å². The van der Waals surface area contributed by atoms with Crippen molar-refractivity contribution in [3.05, 3.63) is 88.0 Å². The Balaban J connectivity index is 1.35. The summed E-state index contributed by atoms with van der Waals surface area (Å²) in [6.07, 6.45) is 3.65. The van der Waals surface area contributed by atoms with E-state index < -0.39 is 26.2 Å². The third kappa shape index (κ3) is 5.14. The third-order valence-electron chi connectivity index (χ3n) is 6.53. The summed E-state index contributed by atoms with van der Waals surface area (Å²) in [5.41, 5.74) is 0.872. The molecule has 1 amide bonds. The normalized spacial score (nSPS) is 13.8. The number of fused-ring (bicyclic) bond motifs is 1. The molecule has 5 rings (SSSR count). The second kappa shape index (κ2) is 10.1. The Morgan fingerprint density at radius 3 is 2.64 bits per heavy atom. The number of nitrogens with zero attached hydrogens (tertiary/aromatic N) is 5. The van der Waals surface area contributed by atoms with Gasteiger partial charge in [0.15, 0.2) is 0 Å². The largest absolute Gasteiger partial charge is 0.473 e. The molecule has 1 aliphatic carbocycles. The molecule has 4 aromatic rings. The smallest absolute Gasteiger partial charge is 0.263 e. The molecule has 0 spiro atoms. The van der Waals surface area contributed by atoms with Crippen molar-refractivity contribution in [2.75, 3.05) is 11.3 Å². The fourth-order valence-corrected chi connectivity index (χ4v) is 5.52. The van der Waals surface area contributed by atoms with Crippen LogP contribution < -0.4 is 20.3 Å². The Bertz CT molecular complexity index is 1760. The van der Waals surface area contributed by atoms with Gasteiger partial charge >= 0.3 is 0 Å². The standard InChI is InChI=1S/C26H23N7O5S/c1-33-22-19(12-20(25(33)35)23(34)29-14-18-7-5-17(13-27)6-8-18)15-30-31-24(22)38-16-26(9-10-26)39(36,37)32-21-4-2-3-11-28-21/h2-8,11-12,15H,9-10,14,16H2,1H3,(H,28,32)(H,29,34). The lowest BCUT2D eigenvalue weighted by atomic mass is 10.1. The van der Waals surface area contributed by atoms with E-state index in [9.17, 15) is 18.0 Å². The molecule has 198 valence electrons. The van der Waals surface area contributed by atoms with E-state index in [1.54, 1.807) is 42.5 Å². The van der Waals surface area contributed by atoms with Gasteiger partial charge in [-0.2, -0.15) is 10.4 Å². The van der Waals surface area contributed by atoms with Crippen molar-refractivity contribution >= 4 is 32.7 Å². The molecule has 39 heavy (non-hydrogen) atoms. The van der Waals surface area contributed by atoms with Gasteiger partial charge in [-0.1, -0.05) is 18.2 Å². The minimum absolute atomic E-state index is 0.0176. The Hall–Kier alpha value is -4.83. The Labute approximate surface area is 223 Å². The summed E-state index contributed by atoms with van der Waals surface area (Å²) in [5.74, 6) is -0.387. The van der Waals surface area contributed by atoms with E-state index in [-0.39, 0.29) is 35.9 Å². The fraction of sp³-hybridized carbons (Fsp3) is 0.231. The minimum atomic E-state index is -3.82. The predicted octanol–water partition coefficient (Wildman–Crippen LogP) is 1.88. The molecule has 0 radical (unpaired) electrons. The van der Waals surface area contributed by atoms with E-state index in [4.69, 9.17) is 10.00 Å². The number of carbonyl (C=O) groups excluding carboxylic acids is 1. The number of amides is 1. The van der Waals surface area contributed by atoms with E-state index in [0.717, 1.165) is 5.56 Å². The average Bonchev–Trinajstić information content (AvgIpc) is 3.75. The zero-order valence-electron chi connectivity index (χ0n) is 20.8. The Morgan fingerprint density at radius 1 is 1.21 bits per heavy atom. The number of nitriles is 1. The van der Waals surface area contributed by atoms with Crippen molar-refractivity contribution in [2.45, 2.75) is 24.1 Å². The van der Waals surface area contributed by atoms with Crippen molar-refractivity contribution in [1.29, 1.82) is 5.26 Å². The van der Waals surface area contributed by atoms with Gasteiger partial charge in [0, 0.05) is 25.2 Å². The molecule has 3 aromatic heterocycles. The highest BCUT2D eigenvalue weighted by atomic mass is 32.2. The molecule has 0 bridgehead atoms. The zero-order chi connectivity index (χ0) is 27.6. The molecule has 0 unspecified atom stereocenters. The summed E-state index contributed by atoms with van der Waals surface area (Å²) >= 11 is 0. The number of sulfonamides is 1. The average molecular weight is 546 g/mol. The topological polar surface area (TPSA) is 169 Å². The predicted molar refractivity (Wildman–Crippen MR) is 141 cm³/mol. The number of carbonyl (C=O) groups is 1. The van der Waals surface area contributed by atoms with Gasteiger partial charge in [-0.3, -0.25) is 14.3 Å². The number of benzene rings is 1. The van der Waals surface area contributed by atoms with Crippen LogP contribution in [0.25, 0.3) is 10.9 Å². The van der Waals surface area contributed by atoms with E-state index in [1.165, 1.54) is 30.1 Å². The van der Waals surface area contributed by atoms with Gasteiger partial charge in [-0.25, -0.2) is 13.4 Å². The maximum atomic E-state index is 13.1. The number of rotatable bonds is 9. The number of anilines is 1. The number of hydrogen-bond acceptors (Lipinski definition) is 9. The number of aryl methyl sites for hydroxylation is 1. The Kier molecular flexibility index (Phi) is 6.71. The van der Waals surface area contributed by atoms with Crippen molar-refractivity contribution < 1.29 is 17.9 Å². The summed E-state index contributed by atoms with van der Waals surface area (Å²) in [6, 6.07) is 15.1. The molecule has 1 aliphatic rings. The summed E-state index contributed by atoms with van der Waals surface area (Å²) < 4.78 is 34.4. The molecule has 0 saturated heterocycles. The Morgan fingerprint density at radius 2 is 1.97 bits per heavy atom. The van der Waals surface area contributed by atoms with Gasteiger partial charge in [0.2, 0.25) is 10.0 Å². The van der Waals surface area contributed by atoms with Crippen molar-refractivity contribution in [1.82, 2.24) is 25.1 Å². The van der Waals surface area contributed by atoms with Crippen molar-refractivity contribution in [3.8, 4) is 11.9 Å². The summed E-state index contributed by atoms with van der Waals surface area (Å²) in [5, 5.41) is 20.0. The molecule has 0 aliphatic heterocycles. The van der Waals surface area contributed by atoms with Crippen LogP contribution in [0.5, 0.6) is 5.88 Å². The van der Waals surface area contributed by atoms with Gasteiger partial charge in [-0.05, 0) is 48.7 Å². The molecule has 13 heteroatoms. The van der Waals surface area contributed by atoms with E-state index in [2.05, 4.69) is 25.2 Å². The molecule has 1 fully saturated rings. The number of nitrogens with one attached hydrogen (secondary N) is 2. The van der Waals surface area contributed by atoms with Gasteiger partial charge in [0.05, 0.1) is 17.8 Å². The second-order valence-corrected chi connectivity index (χ2v) is 11.2. The number of hydrogen-bond donors (Lipinski definition) is 2. The van der Waals surface area contributed by atoms with Crippen LogP contribution in [0.2, 0.25) is 0 Å². The lowest BCUT2D eigenvalue weighted by Gasteiger charge is -2.18. The summed E-state index contributed by atoms with van der Waals surface area (Å²) in [6.45, 7) is -0.0399. The van der Waals surface area contributed by atoms with Crippen LogP contribution in [-0.4, -0.2) is 45.4 Å². The zero-order valence-corrected chi connectivity index (χ0v) is 21.6. The lowest BCUT2D eigenvalue weighted by molar-refractivity contribution is 0.0949. The molecular weight excluding hydrogens is 522 g/mol.